The smallest absolute Gasteiger partial charge is 0.338 e. The molecule has 1 aromatic heterocycles. The molecule has 1 aliphatic rings. The van der Waals surface area contributed by atoms with E-state index >= 15 is 0 Å². The summed E-state index contributed by atoms with van der Waals surface area (Å²) in [7, 11) is 3.05. The van der Waals surface area contributed by atoms with Crippen molar-refractivity contribution in [1.29, 1.82) is 0 Å². The topological polar surface area (TPSA) is 120 Å². The summed E-state index contributed by atoms with van der Waals surface area (Å²) in [5, 5.41) is 17.1. The number of esters is 1. The van der Waals surface area contributed by atoms with Gasteiger partial charge in [-0.25, -0.2) is 9.79 Å². The van der Waals surface area contributed by atoms with Crippen LogP contribution in [0.1, 0.15) is 37.9 Å². The first-order chi connectivity index (χ1) is 18.2. The molecule has 0 saturated heterocycles. The standard InChI is InChI=1S/C25H23BrN2O6S.C2H6O/c1-5-34-24(31)21-13(2)27-25-28(22(21)16-11-18(32-3)19(33-4)12-17(16)26)23(30)20(35-25)10-14-6-8-15(29)9-7-14;1-2-3/h6-12,22,29H,5H2,1-4H3;3H,2H2,1H3/b20-10+;. The number of phenols is 1. The van der Waals surface area contributed by atoms with E-state index < -0.39 is 12.0 Å². The fraction of sp³-hybridized carbons (Fsp3) is 0.296. The number of methoxy groups -OCH3 is 2. The van der Waals surface area contributed by atoms with Crippen molar-refractivity contribution in [2.45, 2.75) is 26.8 Å². The molecule has 1 atom stereocenters. The zero-order valence-electron chi connectivity index (χ0n) is 21.6. The number of rotatable bonds is 6. The number of nitrogens with zero attached hydrogens (tertiary/aromatic N) is 2. The van der Waals surface area contributed by atoms with E-state index in [4.69, 9.17) is 19.3 Å². The Hall–Kier alpha value is -3.41. The van der Waals surface area contributed by atoms with Gasteiger partial charge in [0.15, 0.2) is 16.3 Å². The Morgan fingerprint density at radius 3 is 2.34 bits per heavy atom. The second-order valence-corrected chi connectivity index (χ2v) is 9.80. The Morgan fingerprint density at radius 1 is 1.16 bits per heavy atom. The van der Waals surface area contributed by atoms with Crippen LogP contribution in [0.4, 0.5) is 0 Å². The molecule has 0 aliphatic carbocycles. The average molecular weight is 606 g/mol. The van der Waals surface area contributed by atoms with E-state index in [9.17, 15) is 14.7 Å². The molecule has 2 heterocycles. The van der Waals surface area contributed by atoms with Gasteiger partial charge in [0.05, 0.1) is 42.7 Å². The molecule has 0 fully saturated rings. The van der Waals surface area contributed by atoms with Crippen LogP contribution in [0.2, 0.25) is 0 Å². The summed E-state index contributed by atoms with van der Waals surface area (Å²) in [5.41, 5.74) is 1.80. The number of halogens is 1. The number of fused-ring (bicyclic) bond motifs is 1. The first-order valence-corrected chi connectivity index (χ1v) is 13.3. The van der Waals surface area contributed by atoms with Crippen LogP contribution < -0.4 is 24.4 Å². The number of aromatic nitrogens is 1. The number of hydrogen-bond acceptors (Lipinski definition) is 9. The van der Waals surface area contributed by atoms with Gasteiger partial charge in [-0.05, 0) is 62.2 Å². The molecule has 9 nitrogen and oxygen atoms in total. The molecular weight excluding hydrogens is 576 g/mol. The summed E-state index contributed by atoms with van der Waals surface area (Å²) in [4.78, 5) is 31.8. The van der Waals surface area contributed by atoms with Crippen LogP contribution >= 0.6 is 27.3 Å². The lowest BCUT2D eigenvalue weighted by atomic mass is 9.95. The number of phenolic OH excluding ortho intramolecular Hbond substituents is 1. The molecule has 0 saturated carbocycles. The summed E-state index contributed by atoms with van der Waals surface area (Å²) in [5.74, 6) is 0.542. The number of aliphatic hydroxyl groups excluding tert-OH is 1. The molecule has 0 amide bonds. The number of ether oxygens (including phenoxy) is 3. The number of aromatic hydroxyl groups is 1. The minimum Gasteiger partial charge on any atom is -0.508 e. The lowest BCUT2D eigenvalue weighted by Gasteiger charge is -2.26. The summed E-state index contributed by atoms with van der Waals surface area (Å²) in [6, 6.07) is 9.20. The van der Waals surface area contributed by atoms with Gasteiger partial charge in [-0.15, -0.1) is 0 Å². The molecule has 202 valence electrons. The SMILES string of the molecule is CCO.CCOC(=O)C1=C(C)N=c2s/c(=C/c3ccc(O)cc3)c(=O)n2C1c1cc(OC)c(OC)cc1Br. The number of carbonyl (C=O) groups excluding carboxylic acids is 1. The third-order valence-corrected chi connectivity index (χ3v) is 7.18. The third-order valence-electron chi connectivity index (χ3n) is 5.51. The predicted molar refractivity (Wildman–Crippen MR) is 149 cm³/mol. The fourth-order valence-electron chi connectivity index (χ4n) is 3.89. The molecule has 2 N–H and O–H groups in total. The zero-order valence-corrected chi connectivity index (χ0v) is 24.1. The predicted octanol–water partition coefficient (Wildman–Crippen LogP) is 3.28. The van der Waals surface area contributed by atoms with E-state index in [1.807, 2.05) is 0 Å². The lowest BCUT2D eigenvalue weighted by molar-refractivity contribution is -0.139. The monoisotopic (exact) mass is 604 g/mol. The summed E-state index contributed by atoms with van der Waals surface area (Å²) >= 11 is 4.80. The highest BCUT2D eigenvalue weighted by molar-refractivity contribution is 9.10. The molecule has 0 spiro atoms. The number of aliphatic hydroxyl groups is 1. The van der Waals surface area contributed by atoms with Gasteiger partial charge in [-0.1, -0.05) is 39.4 Å². The number of allylic oxidation sites excluding steroid dienone is 1. The largest absolute Gasteiger partial charge is 0.508 e. The van der Waals surface area contributed by atoms with Crippen LogP contribution in [0.25, 0.3) is 6.08 Å². The van der Waals surface area contributed by atoms with E-state index in [-0.39, 0.29) is 30.1 Å². The quantitative estimate of drug-likeness (QED) is 0.414. The Morgan fingerprint density at radius 2 is 1.76 bits per heavy atom. The molecule has 3 aromatic rings. The Bertz CT molecular complexity index is 1520. The maximum atomic E-state index is 13.7. The van der Waals surface area contributed by atoms with Gasteiger partial charge >= 0.3 is 5.97 Å². The highest BCUT2D eigenvalue weighted by Crippen LogP contribution is 2.40. The van der Waals surface area contributed by atoms with Crippen molar-refractivity contribution in [3.05, 3.63) is 83.0 Å². The Balaban J connectivity index is 0.00000127. The van der Waals surface area contributed by atoms with Crippen LogP contribution in [0.15, 0.2) is 61.9 Å². The van der Waals surface area contributed by atoms with Gasteiger partial charge < -0.3 is 24.4 Å². The van der Waals surface area contributed by atoms with E-state index in [0.29, 0.717) is 36.6 Å². The number of thiazole rings is 1. The minimum atomic E-state index is -0.804. The number of hydrogen-bond donors (Lipinski definition) is 2. The van der Waals surface area contributed by atoms with Crippen LogP contribution in [0.3, 0.4) is 0 Å². The van der Waals surface area contributed by atoms with Gasteiger partial charge in [-0.3, -0.25) is 9.36 Å². The molecule has 1 unspecified atom stereocenters. The van der Waals surface area contributed by atoms with Crippen molar-refractivity contribution < 1.29 is 29.2 Å². The van der Waals surface area contributed by atoms with Crippen molar-refractivity contribution in [2.75, 3.05) is 27.4 Å². The van der Waals surface area contributed by atoms with Crippen molar-refractivity contribution in [1.82, 2.24) is 4.57 Å². The summed E-state index contributed by atoms with van der Waals surface area (Å²) < 4.78 is 18.8. The van der Waals surface area contributed by atoms with Crippen LogP contribution in [-0.2, 0) is 9.53 Å². The van der Waals surface area contributed by atoms with Crippen molar-refractivity contribution >= 4 is 39.3 Å². The maximum Gasteiger partial charge on any atom is 0.338 e. The normalized spacial score (nSPS) is 14.7. The molecule has 11 heteroatoms. The first kappa shape index (κ1) is 29.2. The Labute approximate surface area is 232 Å². The van der Waals surface area contributed by atoms with Crippen molar-refractivity contribution in [3.63, 3.8) is 0 Å². The highest BCUT2D eigenvalue weighted by atomic mass is 79.9. The first-order valence-electron chi connectivity index (χ1n) is 11.7. The third kappa shape index (κ3) is 6.01. The lowest BCUT2D eigenvalue weighted by Crippen LogP contribution is -2.40. The van der Waals surface area contributed by atoms with E-state index in [1.165, 1.54) is 30.1 Å². The number of benzene rings is 2. The zero-order chi connectivity index (χ0) is 28.0. The molecule has 4 rings (SSSR count). The number of carbonyl (C=O) groups is 1. The van der Waals surface area contributed by atoms with Gasteiger partial charge in [-0.2, -0.15) is 0 Å². The fourth-order valence-corrected chi connectivity index (χ4v) is 5.47. The summed E-state index contributed by atoms with van der Waals surface area (Å²) in [6.45, 7) is 5.56. The highest BCUT2D eigenvalue weighted by Gasteiger charge is 2.35. The second-order valence-electron chi connectivity index (χ2n) is 7.94. The van der Waals surface area contributed by atoms with Crippen molar-refractivity contribution in [3.8, 4) is 17.2 Å². The maximum absolute atomic E-state index is 13.7. The molecular formula is C27H29BrN2O7S. The van der Waals surface area contributed by atoms with Gasteiger partial charge in [0.1, 0.15) is 5.75 Å². The van der Waals surface area contributed by atoms with Crippen LogP contribution in [0, 0.1) is 0 Å². The Kier molecular flexibility index (Phi) is 9.90. The van der Waals surface area contributed by atoms with Crippen LogP contribution in [-0.4, -0.2) is 48.2 Å². The van der Waals surface area contributed by atoms with Gasteiger partial charge in [0.25, 0.3) is 5.56 Å². The van der Waals surface area contributed by atoms with Crippen molar-refractivity contribution in [2.24, 2.45) is 4.99 Å². The molecule has 1 aliphatic heterocycles. The average Bonchev–Trinajstić information content (AvgIpc) is 3.19. The molecule has 38 heavy (non-hydrogen) atoms. The summed E-state index contributed by atoms with van der Waals surface area (Å²) in [6.07, 6.45) is 1.73. The minimum absolute atomic E-state index is 0.136. The van der Waals surface area contributed by atoms with Gasteiger partial charge in [0.2, 0.25) is 0 Å². The van der Waals surface area contributed by atoms with Crippen LogP contribution in [0.5, 0.6) is 17.2 Å². The molecule has 0 radical (unpaired) electrons. The van der Waals surface area contributed by atoms with Gasteiger partial charge in [0, 0.05) is 11.1 Å². The second kappa shape index (κ2) is 12.9. The van der Waals surface area contributed by atoms with E-state index in [0.717, 1.165) is 5.56 Å². The molecule has 2 aromatic carbocycles. The van der Waals surface area contributed by atoms with E-state index in [1.54, 1.807) is 63.2 Å². The molecule has 0 bridgehead atoms. The van der Waals surface area contributed by atoms with E-state index in [2.05, 4.69) is 20.9 Å².